The van der Waals surface area contributed by atoms with Crippen LogP contribution in [0.1, 0.15) is 18.9 Å². The van der Waals surface area contributed by atoms with Gasteiger partial charge in [-0.1, -0.05) is 0 Å². The van der Waals surface area contributed by atoms with Gasteiger partial charge >= 0.3 is 46.9 Å². The molecule has 2 saturated heterocycles. The molecule has 0 aromatic carbocycles. The Hall–Kier alpha value is -4.06. The number of hydrogen-bond acceptors (Lipinski definition) is 27. The molecule has 11 atom stereocenters. The van der Waals surface area contributed by atoms with Crippen molar-refractivity contribution in [2.24, 2.45) is 10.2 Å². The Balaban J connectivity index is 0.000000251. The van der Waals surface area contributed by atoms with Crippen molar-refractivity contribution in [1.82, 2.24) is 39.0 Å². The Labute approximate surface area is 367 Å². The number of nitrogens with zero attached hydrogens (tertiary/aromatic N) is 14. The van der Waals surface area contributed by atoms with Gasteiger partial charge < -0.3 is 75.4 Å². The van der Waals surface area contributed by atoms with E-state index in [1.54, 1.807) is 0 Å². The van der Waals surface area contributed by atoms with E-state index in [1.165, 1.54) is 4.57 Å². The fourth-order valence-electron chi connectivity index (χ4n) is 5.60. The van der Waals surface area contributed by atoms with E-state index in [9.17, 15) is 52.5 Å². The molecular formula is C20H30N16O25P6. The lowest BCUT2D eigenvalue weighted by Crippen LogP contribution is -2.33. The standard InChI is InChI=1S/C10H15N8O13P3.C10H15N8O12P3/c11-7-4-8(14-2-13-7)18(10(15-4)16-17-12)9-6(20)5(19)3(29-9)1-28-33(24,25)31-34(26,27)30-32(21,22)23;11-8-7-9(14-3-13-8)18(10(15-7)16-17-12)6-1-4(19)5(28-6)2-27-32(23,24)30-33(25,26)29-31(20,21)22/h2-3,5-6,9,19-20H,1H2,(H,24,25)(H,26,27)(H2,11,13,14)(H2,21,22,23);3-6,19H,1-2H2,(H,23,24)(H,25,26)(H2,11,13,14)(H2,20,21,22)/t3-,5-,6-,9-;4-,5+,6+/m10/s1. The minimum Gasteiger partial charge on any atom is -0.390 e. The van der Waals surface area contributed by atoms with Crippen LogP contribution >= 0.6 is 46.9 Å². The molecule has 47 heteroatoms. The predicted molar refractivity (Wildman–Crippen MR) is 207 cm³/mol. The van der Waals surface area contributed by atoms with E-state index in [-0.39, 0.29) is 46.3 Å². The lowest BCUT2D eigenvalue weighted by Gasteiger charge is -2.19. The Morgan fingerprint density at radius 3 is 1.52 bits per heavy atom. The van der Waals surface area contributed by atoms with Crippen LogP contribution in [0, 0.1) is 0 Å². The lowest BCUT2D eigenvalue weighted by atomic mass is 10.1. The Kier molecular flexibility index (Phi) is 16.5. The predicted octanol–water partition coefficient (Wildman–Crippen LogP) is -0.345. The summed E-state index contributed by atoms with van der Waals surface area (Å²) in [5.41, 5.74) is 29.0. The molecule has 0 spiro atoms. The van der Waals surface area contributed by atoms with Crippen molar-refractivity contribution < 1.29 is 118 Å². The molecule has 2 aliphatic heterocycles. The summed E-state index contributed by atoms with van der Waals surface area (Å²) in [6, 6.07) is 0. The molecule has 15 N–H and O–H groups in total. The number of fused-ring (bicyclic) bond motifs is 2. The van der Waals surface area contributed by atoms with Gasteiger partial charge in [0.15, 0.2) is 40.2 Å². The number of phosphoric acid groups is 6. The van der Waals surface area contributed by atoms with Crippen molar-refractivity contribution in [3.05, 3.63) is 33.5 Å². The summed E-state index contributed by atoms with van der Waals surface area (Å²) >= 11 is 0. The highest BCUT2D eigenvalue weighted by molar-refractivity contribution is 7.67. The normalized spacial score (nSPS) is 25.7. The van der Waals surface area contributed by atoms with E-state index in [2.05, 4.69) is 76.2 Å². The monoisotopic (exact) mass is 1080 g/mol. The first-order valence-corrected chi connectivity index (χ1v) is 25.9. The Bertz CT molecular complexity index is 2900. The highest BCUT2D eigenvalue weighted by atomic mass is 31.3. The van der Waals surface area contributed by atoms with E-state index >= 15 is 0 Å². The molecule has 0 amide bonds. The van der Waals surface area contributed by atoms with Gasteiger partial charge in [-0.2, -0.15) is 17.2 Å². The van der Waals surface area contributed by atoms with Gasteiger partial charge in [-0.3, -0.25) is 18.2 Å². The summed E-state index contributed by atoms with van der Waals surface area (Å²) in [5, 5.41) is 37.7. The van der Waals surface area contributed by atoms with Gasteiger partial charge in [-0.05, 0) is 21.3 Å². The summed E-state index contributed by atoms with van der Waals surface area (Å²) in [6.45, 7) is -1.94. The van der Waals surface area contributed by atoms with Crippen LogP contribution < -0.4 is 11.5 Å². The molecule has 0 aliphatic carbocycles. The van der Waals surface area contributed by atoms with Crippen LogP contribution in [0.15, 0.2) is 22.9 Å². The molecule has 4 aromatic heterocycles. The summed E-state index contributed by atoms with van der Waals surface area (Å²) in [5.74, 6) is -0.772. The molecule has 6 heterocycles. The number of ether oxygens (including phenoxy) is 2. The maximum absolute atomic E-state index is 11.9. The average molecular weight is 1080 g/mol. The van der Waals surface area contributed by atoms with Crippen LogP contribution in [-0.4, -0.2) is 137 Å². The number of anilines is 2. The van der Waals surface area contributed by atoms with E-state index in [4.69, 9.17) is 61.4 Å². The van der Waals surface area contributed by atoms with Crippen LogP contribution in [0.4, 0.5) is 23.5 Å². The SMILES string of the molecule is [N-]=[N+]=Nc1nc2c(N)ncnc2n1[C@@H]1O[C@H](COP(=O)(O)OP(=O)(O)OP(=O)(O)O)[C@@H](O)[C@H]1O.[N-]=[N+]=Nc1nc2c(N)ncnc2n1[C@H]1C[C@H](O)[C@@H](COP(=O)(O)OP(=O)(O)OP(=O)(O)O)O1. The first-order chi connectivity index (χ1) is 30.9. The molecule has 67 heavy (non-hydrogen) atoms. The molecule has 0 saturated carbocycles. The van der Waals surface area contributed by atoms with E-state index in [0.717, 1.165) is 17.2 Å². The fourth-order valence-corrected chi connectivity index (χ4v) is 11.7. The lowest BCUT2D eigenvalue weighted by molar-refractivity contribution is -0.0495. The van der Waals surface area contributed by atoms with Gasteiger partial charge in [-0.25, -0.2) is 57.3 Å². The van der Waals surface area contributed by atoms with Crippen molar-refractivity contribution in [3.63, 3.8) is 0 Å². The number of imidazole rings is 2. The van der Waals surface area contributed by atoms with Crippen molar-refractivity contribution in [3.8, 4) is 0 Å². The summed E-state index contributed by atoms with van der Waals surface area (Å²) in [7, 11) is -33.5. The number of hydrogen-bond donors (Lipinski definition) is 13. The zero-order chi connectivity index (χ0) is 50.1. The molecule has 0 radical (unpaired) electrons. The third kappa shape index (κ3) is 14.0. The molecule has 2 aliphatic rings. The second-order valence-corrected chi connectivity index (χ2v) is 21.4. The maximum atomic E-state index is 11.9. The number of aliphatic hydroxyl groups is 3. The van der Waals surface area contributed by atoms with E-state index < -0.39 is 109 Å². The quantitative estimate of drug-likeness (QED) is 0.0262. The van der Waals surface area contributed by atoms with Gasteiger partial charge in [0, 0.05) is 16.2 Å². The second kappa shape index (κ2) is 20.5. The first kappa shape index (κ1) is 53.9. The third-order valence-electron chi connectivity index (χ3n) is 7.96. The topological polar surface area (TPSA) is 636 Å². The zero-order valence-corrected chi connectivity index (χ0v) is 37.4. The van der Waals surface area contributed by atoms with Crippen LogP contribution in [0.3, 0.4) is 0 Å². The van der Waals surface area contributed by atoms with Gasteiger partial charge in [0.25, 0.3) is 0 Å². The smallest absolute Gasteiger partial charge is 0.390 e. The molecule has 2 fully saturated rings. The van der Waals surface area contributed by atoms with Gasteiger partial charge in [-0.15, -0.1) is 0 Å². The highest BCUT2D eigenvalue weighted by Gasteiger charge is 2.48. The number of aliphatic hydroxyl groups excluding tert-OH is 3. The number of azide groups is 2. The third-order valence-corrected chi connectivity index (χ3v) is 15.6. The van der Waals surface area contributed by atoms with Crippen LogP contribution in [0.25, 0.3) is 43.2 Å². The number of nitrogen functional groups attached to an aromatic ring is 2. The van der Waals surface area contributed by atoms with Crippen LogP contribution in [0.2, 0.25) is 0 Å². The van der Waals surface area contributed by atoms with Gasteiger partial charge in [0.2, 0.25) is 11.9 Å². The minimum atomic E-state index is -5.76. The van der Waals surface area contributed by atoms with Gasteiger partial charge in [0.05, 0.1) is 19.3 Å². The largest absolute Gasteiger partial charge is 0.490 e. The Morgan fingerprint density at radius 2 is 1.07 bits per heavy atom. The van der Waals surface area contributed by atoms with Gasteiger partial charge in [0.1, 0.15) is 43.3 Å². The molecule has 0 bridgehead atoms. The second-order valence-electron chi connectivity index (χ2n) is 12.6. The van der Waals surface area contributed by atoms with Crippen molar-refractivity contribution >= 4 is 92.8 Å². The van der Waals surface area contributed by atoms with Crippen molar-refractivity contribution in [2.75, 3.05) is 24.7 Å². The molecule has 4 unspecified atom stereocenters. The molecule has 370 valence electrons. The number of rotatable bonds is 18. The zero-order valence-electron chi connectivity index (χ0n) is 32.1. The number of aromatic nitrogens is 8. The number of nitrogens with two attached hydrogens (primary N) is 2. The fraction of sp³-hybridized carbons (Fsp3) is 0.500. The number of phosphoric ester groups is 2. The summed E-state index contributed by atoms with van der Waals surface area (Å²) in [4.78, 5) is 100.0. The highest BCUT2D eigenvalue weighted by Crippen LogP contribution is 2.67. The Morgan fingerprint density at radius 1 is 0.642 bits per heavy atom. The molecular weight excluding hydrogens is 1050 g/mol. The van der Waals surface area contributed by atoms with E-state index in [1.807, 2.05) is 0 Å². The molecule has 4 aromatic rings. The summed E-state index contributed by atoms with van der Waals surface area (Å²) in [6.07, 6.45) is -8.52. The van der Waals surface area contributed by atoms with Crippen molar-refractivity contribution in [1.29, 1.82) is 0 Å². The first-order valence-electron chi connectivity index (χ1n) is 16.8. The summed E-state index contributed by atoms with van der Waals surface area (Å²) < 4.78 is 104. The van der Waals surface area contributed by atoms with Crippen LogP contribution in [-0.2, 0) is 63.2 Å². The minimum absolute atomic E-state index is 0.0316. The van der Waals surface area contributed by atoms with Crippen molar-refractivity contribution in [2.45, 2.75) is 49.4 Å². The molecule has 6 rings (SSSR count). The van der Waals surface area contributed by atoms with E-state index in [0.29, 0.717) is 0 Å². The molecule has 41 nitrogen and oxygen atoms in total. The van der Waals surface area contributed by atoms with Crippen LogP contribution in [0.5, 0.6) is 0 Å². The average Bonchev–Trinajstić information content (AvgIpc) is 3.90. The maximum Gasteiger partial charge on any atom is 0.490 e.